The van der Waals surface area contributed by atoms with E-state index in [-0.39, 0.29) is 0 Å². The van der Waals surface area contributed by atoms with Crippen LogP contribution in [0.3, 0.4) is 0 Å². The van der Waals surface area contributed by atoms with E-state index in [0.717, 1.165) is 30.8 Å². The molecular weight excluding hydrogens is 210 g/mol. The van der Waals surface area contributed by atoms with Crippen LogP contribution in [0, 0.1) is 0 Å². The summed E-state index contributed by atoms with van der Waals surface area (Å²) in [6.45, 7) is 0.657. The molecule has 1 aromatic rings. The molecule has 4 nitrogen and oxygen atoms in total. The minimum atomic E-state index is -0.591. The van der Waals surface area contributed by atoms with Crippen molar-refractivity contribution in [2.24, 2.45) is 5.73 Å². The van der Waals surface area contributed by atoms with Gasteiger partial charge < -0.3 is 10.3 Å². The van der Waals surface area contributed by atoms with Crippen LogP contribution in [0.4, 0.5) is 0 Å². The Morgan fingerprint density at radius 2 is 2.27 bits per heavy atom. The van der Waals surface area contributed by atoms with Crippen molar-refractivity contribution >= 4 is 10.8 Å². The van der Waals surface area contributed by atoms with E-state index < -0.39 is 10.8 Å². The summed E-state index contributed by atoms with van der Waals surface area (Å²) in [4.78, 5) is 4.17. The van der Waals surface area contributed by atoms with Crippen molar-refractivity contribution in [2.75, 3.05) is 18.1 Å². The van der Waals surface area contributed by atoms with E-state index in [1.54, 1.807) is 0 Å². The molecule has 0 saturated carbocycles. The van der Waals surface area contributed by atoms with Gasteiger partial charge in [-0.2, -0.15) is 0 Å². The van der Waals surface area contributed by atoms with Gasteiger partial charge in [0, 0.05) is 46.7 Å². The Kier molecular flexibility index (Phi) is 3.53. The molecule has 0 aliphatic carbocycles. The van der Waals surface area contributed by atoms with Crippen LogP contribution in [-0.2, 0) is 17.2 Å². The van der Waals surface area contributed by atoms with Crippen LogP contribution >= 0.6 is 0 Å². The molecule has 0 bridgehead atoms. The molecule has 0 unspecified atom stereocenters. The van der Waals surface area contributed by atoms with E-state index in [1.165, 1.54) is 5.69 Å². The number of aromatic nitrogens is 2. The molecule has 1 fully saturated rings. The topological polar surface area (TPSA) is 60.9 Å². The van der Waals surface area contributed by atoms with Crippen molar-refractivity contribution in [3.8, 4) is 0 Å². The van der Waals surface area contributed by atoms with Crippen molar-refractivity contribution in [2.45, 2.75) is 25.3 Å². The number of hydrogen-bond acceptors (Lipinski definition) is 3. The first kappa shape index (κ1) is 10.8. The lowest BCUT2D eigenvalue weighted by Crippen LogP contribution is -2.23. The molecule has 0 amide bonds. The quantitative estimate of drug-likeness (QED) is 0.816. The normalized spacial score (nSPS) is 26.7. The van der Waals surface area contributed by atoms with Gasteiger partial charge in [0.2, 0.25) is 0 Å². The molecule has 2 N–H and O–H groups in total. The Labute approximate surface area is 92.3 Å². The number of imidazole rings is 1. The fraction of sp³-hybridized carbons (Fsp3) is 0.700. The molecular formula is C10H17N3OS. The first-order valence-electron chi connectivity index (χ1n) is 5.37. The third-order valence-corrected chi connectivity index (χ3v) is 4.28. The molecule has 2 heterocycles. The van der Waals surface area contributed by atoms with Crippen molar-refractivity contribution < 1.29 is 4.21 Å². The third-order valence-electron chi connectivity index (χ3n) is 2.90. The third kappa shape index (κ3) is 2.46. The zero-order valence-corrected chi connectivity index (χ0v) is 9.58. The summed E-state index contributed by atoms with van der Waals surface area (Å²) in [5, 5.41) is 0. The smallest absolute Gasteiger partial charge is 0.0950 e. The fourth-order valence-corrected chi connectivity index (χ4v) is 3.34. The molecule has 15 heavy (non-hydrogen) atoms. The van der Waals surface area contributed by atoms with Crippen molar-refractivity contribution in [3.05, 3.63) is 18.2 Å². The van der Waals surface area contributed by atoms with Gasteiger partial charge >= 0.3 is 0 Å². The highest BCUT2D eigenvalue weighted by Gasteiger charge is 2.20. The van der Waals surface area contributed by atoms with Crippen molar-refractivity contribution in [1.29, 1.82) is 0 Å². The lowest BCUT2D eigenvalue weighted by Gasteiger charge is -2.24. The zero-order chi connectivity index (χ0) is 10.7. The molecule has 0 spiro atoms. The van der Waals surface area contributed by atoms with Gasteiger partial charge in [0.05, 0.1) is 6.33 Å². The largest absolute Gasteiger partial charge is 0.331 e. The van der Waals surface area contributed by atoms with E-state index in [9.17, 15) is 4.21 Å². The zero-order valence-electron chi connectivity index (χ0n) is 8.76. The maximum Gasteiger partial charge on any atom is 0.0950 e. The number of rotatable bonds is 3. The standard InChI is InChI=1S/C10H17N3OS/c11-4-1-10-7-12-8-13(10)9-2-5-15(14)6-3-9/h7-9H,1-6,11H2. The van der Waals surface area contributed by atoms with Gasteiger partial charge in [0.25, 0.3) is 0 Å². The highest BCUT2D eigenvalue weighted by molar-refractivity contribution is 7.85. The van der Waals surface area contributed by atoms with Gasteiger partial charge in [-0.1, -0.05) is 0 Å². The number of nitrogens with zero attached hydrogens (tertiary/aromatic N) is 2. The number of hydrogen-bond donors (Lipinski definition) is 1. The van der Waals surface area contributed by atoms with Crippen LogP contribution in [0.25, 0.3) is 0 Å². The SMILES string of the molecule is NCCc1cncn1C1CCS(=O)CC1. The molecule has 0 aromatic carbocycles. The summed E-state index contributed by atoms with van der Waals surface area (Å²) in [5.74, 6) is 1.65. The molecule has 1 aliphatic heterocycles. The van der Waals surface area contributed by atoms with Crippen molar-refractivity contribution in [3.63, 3.8) is 0 Å². The Bertz CT molecular complexity index is 340. The molecule has 84 valence electrons. The highest BCUT2D eigenvalue weighted by atomic mass is 32.2. The van der Waals surface area contributed by atoms with Gasteiger partial charge in [-0.05, 0) is 19.4 Å². The maximum atomic E-state index is 11.3. The van der Waals surface area contributed by atoms with Gasteiger partial charge in [0.15, 0.2) is 0 Å². The summed E-state index contributed by atoms with van der Waals surface area (Å²) < 4.78 is 13.5. The second-order valence-corrected chi connectivity index (χ2v) is 5.61. The molecule has 2 rings (SSSR count). The van der Waals surface area contributed by atoms with Gasteiger partial charge in [-0.25, -0.2) is 4.98 Å². The predicted molar refractivity (Wildman–Crippen MR) is 61.1 cm³/mol. The van der Waals surface area contributed by atoms with Crippen LogP contribution in [-0.4, -0.2) is 31.8 Å². The maximum absolute atomic E-state index is 11.3. The van der Waals surface area contributed by atoms with E-state index in [0.29, 0.717) is 12.6 Å². The molecule has 1 aliphatic rings. The summed E-state index contributed by atoms with van der Waals surface area (Å²) >= 11 is 0. The summed E-state index contributed by atoms with van der Waals surface area (Å²) in [7, 11) is -0.591. The minimum Gasteiger partial charge on any atom is -0.331 e. The summed E-state index contributed by atoms with van der Waals surface area (Å²) in [6, 6.07) is 0.478. The first-order valence-corrected chi connectivity index (χ1v) is 6.86. The molecule has 0 atom stereocenters. The first-order chi connectivity index (χ1) is 7.31. The Morgan fingerprint density at radius 1 is 1.53 bits per heavy atom. The average molecular weight is 227 g/mol. The summed E-state index contributed by atoms with van der Waals surface area (Å²) in [6.07, 6.45) is 6.64. The van der Waals surface area contributed by atoms with E-state index in [2.05, 4.69) is 9.55 Å². The van der Waals surface area contributed by atoms with E-state index >= 15 is 0 Å². The molecule has 1 saturated heterocycles. The predicted octanol–water partition coefficient (Wildman–Crippen LogP) is 0.468. The highest BCUT2D eigenvalue weighted by Crippen LogP contribution is 2.23. The van der Waals surface area contributed by atoms with Gasteiger partial charge in [0.1, 0.15) is 0 Å². The van der Waals surface area contributed by atoms with E-state index in [4.69, 9.17) is 5.73 Å². The Hall–Kier alpha value is -0.680. The van der Waals surface area contributed by atoms with Crippen molar-refractivity contribution in [1.82, 2.24) is 9.55 Å². The van der Waals surface area contributed by atoms with Gasteiger partial charge in [-0.3, -0.25) is 4.21 Å². The van der Waals surface area contributed by atoms with Crippen LogP contribution in [0.2, 0.25) is 0 Å². The summed E-state index contributed by atoms with van der Waals surface area (Å²) in [5.41, 5.74) is 6.75. The van der Waals surface area contributed by atoms with Crippen LogP contribution in [0.5, 0.6) is 0 Å². The molecule has 5 heteroatoms. The molecule has 0 radical (unpaired) electrons. The molecule has 1 aromatic heterocycles. The monoisotopic (exact) mass is 227 g/mol. The Balaban J connectivity index is 2.08. The fourth-order valence-electron chi connectivity index (χ4n) is 2.06. The van der Waals surface area contributed by atoms with Gasteiger partial charge in [-0.15, -0.1) is 0 Å². The van der Waals surface area contributed by atoms with Crippen LogP contribution < -0.4 is 5.73 Å². The van der Waals surface area contributed by atoms with Crippen LogP contribution in [0.15, 0.2) is 12.5 Å². The lowest BCUT2D eigenvalue weighted by molar-refractivity contribution is 0.449. The van der Waals surface area contributed by atoms with Crippen LogP contribution in [0.1, 0.15) is 24.6 Å². The second-order valence-electron chi connectivity index (χ2n) is 3.91. The lowest BCUT2D eigenvalue weighted by atomic mass is 10.1. The Morgan fingerprint density at radius 3 is 2.93 bits per heavy atom. The minimum absolute atomic E-state index is 0.478. The number of nitrogens with two attached hydrogens (primary N) is 1. The average Bonchev–Trinajstić information content (AvgIpc) is 2.68. The second kappa shape index (κ2) is 4.90. The van der Waals surface area contributed by atoms with E-state index in [1.807, 2.05) is 12.5 Å².